The van der Waals surface area contributed by atoms with Gasteiger partial charge < -0.3 is 15.2 Å². The van der Waals surface area contributed by atoms with Crippen LogP contribution in [0.5, 0.6) is 0 Å². The van der Waals surface area contributed by atoms with Crippen LogP contribution in [0, 0.1) is 0 Å². The molecule has 3 N–H and O–H groups in total. The average Bonchev–Trinajstić information content (AvgIpc) is 3.58. The van der Waals surface area contributed by atoms with Gasteiger partial charge in [0.1, 0.15) is 24.3 Å². The van der Waals surface area contributed by atoms with Crippen LogP contribution in [0.25, 0.3) is 54.8 Å². The van der Waals surface area contributed by atoms with E-state index in [4.69, 9.17) is 4.99 Å². The van der Waals surface area contributed by atoms with Crippen LogP contribution < -0.4 is 16.0 Å². The zero-order valence-corrected chi connectivity index (χ0v) is 29.0. The molecule has 0 radical (unpaired) electrons. The van der Waals surface area contributed by atoms with Gasteiger partial charge in [-0.15, -0.1) is 0 Å². The SMILES string of the molecule is C1=CC(n2c3cc(-c4ccccc4)ccc3c3c4ccccc4c(-c4ccccc4)cc32)NC(C2=NC(c3ccccc3)NC(c3ccccc3)N2)=C1. The summed E-state index contributed by atoms with van der Waals surface area (Å²) < 4.78 is 2.48. The Bertz CT molecular complexity index is 2690. The second kappa shape index (κ2) is 13.1. The first kappa shape index (κ1) is 31.1. The third kappa shape index (κ3) is 5.59. The Kier molecular flexibility index (Phi) is 7.70. The highest BCUT2D eigenvalue weighted by Crippen LogP contribution is 2.42. The Balaban J connectivity index is 1.15. The second-order valence-corrected chi connectivity index (χ2v) is 13.7. The Morgan fingerprint density at radius 2 is 1.15 bits per heavy atom. The lowest BCUT2D eigenvalue weighted by molar-refractivity contribution is 0.406. The van der Waals surface area contributed by atoms with E-state index in [1.165, 1.54) is 54.8 Å². The summed E-state index contributed by atoms with van der Waals surface area (Å²) >= 11 is 0. The zero-order chi connectivity index (χ0) is 35.1. The second-order valence-electron chi connectivity index (χ2n) is 13.7. The van der Waals surface area contributed by atoms with Crippen molar-refractivity contribution in [2.75, 3.05) is 0 Å². The maximum atomic E-state index is 5.26. The Morgan fingerprint density at radius 1 is 0.509 bits per heavy atom. The Morgan fingerprint density at radius 3 is 1.89 bits per heavy atom. The molecule has 2 aliphatic rings. The number of allylic oxidation sites excluding steroid dienone is 2. The van der Waals surface area contributed by atoms with E-state index in [9.17, 15) is 0 Å². The van der Waals surface area contributed by atoms with Crippen molar-refractivity contribution in [2.24, 2.45) is 4.99 Å². The highest BCUT2D eigenvalue weighted by Gasteiger charge is 2.29. The number of fused-ring (bicyclic) bond motifs is 5. The molecule has 10 rings (SSSR count). The summed E-state index contributed by atoms with van der Waals surface area (Å²) in [6.07, 6.45) is 6.02. The van der Waals surface area contributed by atoms with Gasteiger partial charge in [0, 0.05) is 10.8 Å². The van der Waals surface area contributed by atoms with Gasteiger partial charge in [-0.2, -0.15) is 0 Å². The first-order chi connectivity index (χ1) is 26.3. The van der Waals surface area contributed by atoms with E-state index in [2.05, 4.69) is 203 Å². The maximum absolute atomic E-state index is 5.26. The first-order valence-electron chi connectivity index (χ1n) is 18.2. The highest BCUT2D eigenvalue weighted by atomic mass is 15.3. The number of rotatable bonds is 6. The molecule has 7 aromatic carbocycles. The first-order valence-corrected chi connectivity index (χ1v) is 18.2. The lowest BCUT2D eigenvalue weighted by atomic mass is 9.94. The molecule has 254 valence electrons. The fraction of sp³-hybridized carbons (Fsp3) is 0.0625. The fourth-order valence-electron chi connectivity index (χ4n) is 8.00. The molecule has 0 amide bonds. The predicted octanol–water partition coefficient (Wildman–Crippen LogP) is 10.8. The molecular weight excluding hydrogens is 647 g/mol. The van der Waals surface area contributed by atoms with E-state index in [1.54, 1.807) is 0 Å². The van der Waals surface area contributed by atoms with Crippen molar-refractivity contribution >= 4 is 38.4 Å². The van der Waals surface area contributed by atoms with Gasteiger partial charge in [-0.1, -0.05) is 164 Å². The minimum atomic E-state index is -0.217. The van der Waals surface area contributed by atoms with Gasteiger partial charge in [-0.05, 0) is 68.4 Å². The van der Waals surface area contributed by atoms with Crippen LogP contribution in [-0.2, 0) is 0 Å². The highest BCUT2D eigenvalue weighted by molar-refractivity contribution is 6.24. The van der Waals surface area contributed by atoms with Gasteiger partial charge in [0.25, 0.3) is 0 Å². The molecule has 0 saturated heterocycles. The van der Waals surface area contributed by atoms with Crippen molar-refractivity contribution < 1.29 is 0 Å². The topological polar surface area (TPSA) is 53.4 Å². The number of aromatic nitrogens is 1. The molecule has 5 heteroatoms. The Labute approximate surface area is 308 Å². The van der Waals surface area contributed by atoms with Crippen molar-refractivity contribution in [3.8, 4) is 22.3 Å². The van der Waals surface area contributed by atoms with Crippen LogP contribution in [0.1, 0.15) is 29.6 Å². The van der Waals surface area contributed by atoms with Crippen molar-refractivity contribution in [2.45, 2.75) is 18.5 Å². The van der Waals surface area contributed by atoms with Gasteiger partial charge in [-0.25, -0.2) is 4.99 Å². The molecule has 53 heavy (non-hydrogen) atoms. The van der Waals surface area contributed by atoms with Crippen molar-refractivity contribution in [3.05, 3.63) is 205 Å². The largest absolute Gasteiger partial charge is 0.359 e. The van der Waals surface area contributed by atoms with E-state index < -0.39 is 0 Å². The molecule has 2 aliphatic heterocycles. The van der Waals surface area contributed by atoms with E-state index in [0.29, 0.717) is 0 Å². The van der Waals surface area contributed by atoms with Crippen molar-refractivity contribution in [1.29, 1.82) is 0 Å². The van der Waals surface area contributed by atoms with E-state index >= 15 is 0 Å². The molecule has 3 unspecified atom stereocenters. The third-order valence-electron chi connectivity index (χ3n) is 10.5. The molecule has 8 aromatic rings. The summed E-state index contributed by atoms with van der Waals surface area (Å²) in [5, 5.41) is 16.4. The molecule has 0 aliphatic carbocycles. The summed E-state index contributed by atoms with van der Waals surface area (Å²) in [5.74, 6) is 0.821. The molecule has 1 aromatic heterocycles. The van der Waals surface area contributed by atoms with Gasteiger partial charge >= 0.3 is 0 Å². The summed E-state index contributed by atoms with van der Waals surface area (Å²) in [6, 6.07) is 60.5. The summed E-state index contributed by atoms with van der Waals surface area (Å²) in [4.78, 5) is 5.26. The minimum absolute atomic E-state index is 0.123. The van der Waals surface area contributed by atoms with Crippen LogP contribution in [0.2, 0.25) is 0 Å². The third-order valence-corrected chi connectivity index (χ3v) is 10.5. The molecule has 3 atom stereocenters. The van der Waals surface area contributed by atoms with Crippen molar-refractivity contribution in [3.63, 3.8) is 0 Å². The number of dihydropyridines is 1. The normalized spacial score (nSPS) is 18.4. The Hall–Kier alpha value is -6.69. The average molecular weight is 684 g/mol. The van der Waals surface area contributed by atoms with Crippen LogP contribution in [0.3, 0.4) is 0 Å². The number of nitrogens with zero attached hydrogens (tertiary/aromatic N) is 2. The zero-order valence-electron chi connectivity index (χ0n) is 29.0. The summed E-state index contributed by atoms with van der Waals surface area (Å²) in [6.45, 7) is 0. The molecule has 0 bridgehead atoms. The quantitative estimate of drug-likeness (QED) is 0.164. The van der Waals surface area contributed by atoms with Gasteiger partial charge in [0.2, 0.25) is 0 Å². The number of nitrogens with one attached hydrogen (secondary N) is 3. The molecule has 0 fully saturated rings. The van der Waals surface area contributed by atoms with Gasteiger partial charge in [0.15, 0.2) is 0 Å². The van der Waals surface area contributed by atoms with E-state index in [-0.39, 0.29) is 18.5 Å². The molecular formula is C48H37N5. The predicted molar refractivity (Wildman–Crippen MR) is 219 cm³/mol. The van der Waals surface area contributed by atoms with Crippen LogP contribution in [0.4, 0.5) is 0 Å². The monoisotopic (exact) mass is 683 g/mol. The molecule has 0 saturated carbocycles. The maximum Gasteiger partial charge on any atom is 0.148 e. The van der Waals surface area contributed by atoms with E-state index in [0.717, 1.165) is 22.7 Å². The number of hydrogen-bond donors (Lipinski definition) is 3. The van der Waals surface area contributed by atoms with Crippen LogP contribution in [-0.4, -0.2) is 10.4 Å². The van der Waals surface area contributed by atoms with Gasteiger partial charge in [-0.3, -0.25) is 5.32 Å². The molecule has 5 nitrogen and oxygen atoms in total. The van der Waals surface area contributed by atoms with E-state index in [1.807, 2.05) is 6.07 Å². The van der Waals surface area contributed by atoms with Crippen molar-refractivity contribution in [1.82, 2.24) is 20.5 Å². The lowest BCUT2D eigenvalue weighted by Gasteiger charge is -2.34. The number of amidine groups is 1. The number of benzene rings is 7. The minimum Gasteiger partial charge on any atom is -0.359 e. The standard InChI is InChI=1S/C48H37N5/c1-5-16-32(17-6-1)36-28-29-39-42(30-36)53(43-31-40(33-18-7-2-8-19-33)37-24-13-14-25-38(37)45(39)43)44-27-15-26-41(49-44)48-51-46(34-20-9-3-10-21-34)50-47(52-48)35-22-11-4-12-23-35/h1-31,44,46-47,49-50H,(H,51,52). The lowest BCUT2D eigenvalue weighted by Crippen LogP contribution is -2.47. The summed E-state index contributed by atoms with van der Waals surface area (Å²) in [5.41, 5.74) is 10.4. The van der Waals surface area contributed by atoms with Crippen LogP contribution in [0.15, 0.2) is 199 Å². The van der Waals surface area contributed by atoms with Gasteiger partial charge in [0.05, 0.1) is 16.7 Å². The summed E-state index contributed by atoms with van der Waals surface area (Å²) in [7, 11) is 0. The molecule has 3 heterocycles. The molecule has 0 spiro atoms. The fourth-order valence-corrected chi connectivity index (χ4v) is 8.00. The van der Waals surface area contributed by atoms with Crippen LogP contribution >= 0.6 is 0 Å². The number of aliphatic imine (C=N–C) groups is 1. The number of hydrogen-bond acceptors (Lipinski definition) is 4. The smallest absolute Gasteiger partial charge is 0.148 e.